The Hall–Kier alpha value is -1.49. The first-order chi connectivity index (χ1) is 7.61. The molecule has 0 fully saturated rings. The minimum Gasteiger partial charge on any atom is -0.464 e. The van der Waals surface area contributed by atoms with Crippen LogP contribution >= 0.6 is 15.9 Å². The van der Waals surface area contributed by atoms with Crippen molar-refractivity contribution in [2.75, 3.05) is 7.11 Å². The summed E-state index contributed by atoms with van der Waals surface area (Å²) in [5, 5.41) is 1.34. The number of carbonyl (C=O) groups is 1. The zero-order valence-electron chi connectivity index (χ0n) is 8.33. The van der Waals surface area contributed by atoms with Crippen LogP contribution in [0.2, 0.25) is 0 Å². The highest BCUT2D eigenvalue weighted by molar-refractivity contribution is 9.10. The topological polar surface area (TPSA) is 39.2 Å². The van der Waals surface area contributed by atoms with Gasteiger partial charge in [0.15, 0.2) is 0 Å². The molecule has 0 radical (unpaired) electrons. The highest BCUT2D eigenvalue weighted by Crippen LogP contribution is 2.24. The number of aromatic nitrogens is 1. The lowest BCUT2D eigenvalue weighted by molar-refractivity contribution is 0.0594. The summed E-state index contributed by atoms with van der Waals surface area (Å²) in [6.45, 7) is 0. The van der Waals surface area contributed by atoms with Crippen molar-refractivity contribution >= 4 is 32.7 Å². The Kier molecular flexibility index (Phi) is 2.87. The number of esters is 1. The van der Waals surface area contributed by atoms with Crippen molar-refractivity contribution in [3.8, 4) is 0 Å². The molecule has 0 aliphatic heterocycles. The number of carbonyl (C=O) groups excluding carboxylic acids is 1. The number of rotatable bonds is 1. The highest BCUT2D eigenvalue weighted by atomic mass is 79.9. The summed E-state index contributed by atoms with van der Waals surface area (Å²) in [5.41, 5.74) is 0.188. The van der Waals surface area contributed by atoms with E-state index in [0.29, 0.717) is 9.99 Å². The monoisotopic (exact) mass is 283 g/mol. The van der Waals surface area contributed by atoms with Crippen molar-refractivity contribution in [2.24, 2.45) is 0 Å². The summed E-state index contributed by atoms with van der Waals surface area (Å²) in [6.07, 6.45) is 0. The predicted molar refractivity (Wildman–Crippen MR) is 60.7 cm³/mol. The van der Waals surface area contributed by atoms with Crippen LogP contribution in [0.25, 0.3) is 10.8 Å². The zero-order valence-corrected chi connectivity index (χ0v) is 9.92. The normalized spacial score (nSPS) is 10.4. The first kappa shape index (κ1) is 11.0. The van der Waals surface area contributed by atoms with Gasteiger partial charge in [-0.25, -0.2) is 14.2 Å². The molecular weight excluding hydrogens is 277 g/mol. The molecule has 0 amide bonds. The van der Waals surface area contributed by atoms with Crippen molar-refractivity contribution in [2.45, 2.75) is 0 Å². The average molecular weight is 284 g/mol. The van der Waals surface area contributed by atoms with Gasteiger partial charge in [-0.05, 0) is 39.5 Å². The van der Waals surface area contributed by atoms with E-state index in [2.05, 4.69) is 25.7 Å². The molecule has 16 heavy (non-hydrogen) atoms. The fraction of sp³-hybridized carbons (Fsp3) is 0.0909. The quantitative estimate of drug-likeness (QED) is 0.597. The van der Waals surface area contributed by atoms with E-state index in [1.807, 2.05) is 0 Å². The number of benzene rings is 1. The Balaban J connectivity index is 2.68. The Bertz CT molecular complexity index is 571. The molecule has 1 aromatic heterocycles. The Morgan fingerprint density at radius 3 is 2.88 bits per heavy atom. The van der Waals surface area contributed by atoms with Crippen LogP contribution < -0.4 is 0 Å². The Labute approximate surface area is 99.4 Å². The Morgan fingerprint density at radius 1 is 1.44 bits per heavy atom. The second-order valence-electron chi connectivity index (χ2n) is 3.16. The summed E-state index contributed by atoms with van der Waals surface area (Å²) >= 11 is 3.19. The fourth-order valence-corrected chi connectivity index (χ4v) is 1.92. The first-order valence-corrected chi connectivity index (χ1v) is 5.25. The fourth-order valence-electron chi connectivity index (χ4n) is 1.39. The minimum atomic E-state index is -0.521. The number of halogens is 2. The lowest BCUT2D eigenvalue weighted by Crippen LogP contribution is -2.04. The molecular formula is C11H7BrFNO2. The third kappa shape index (κ3) is 1.90. The third-order valence-corrected chi connectivity index (χ3v) is 2.75. The number of ether oxygens (including phenoxy) is 1. The number of nitrogens with zero attached hydrogens (tertiary/aromatic N) is 1. The Morgan fingerprint density at radius 2 is 2.19 bits per heavy atom. The molecule has 82 valence electrons. The highest BCUT2D eigenvalue weighted by Gasteiger charge is 2.11. The van der Waals surface area contributed by atoms with E-state index in [1.54, 1.807) is 12.1 Å². The summed E-state index contributed by atoms with van der Waals surface area (Å²) in [4.78, 5) is 15.3. The zero-order chi connectivity index (χ0) is 11.7. The SMILES string of the molecule is COC(=O)c1cc2ccc(F)cc2c(Br)n1. The first-order valence-electron chi connectivity index (χ1n) is 4.46. The molecule has 0 aliphatic carbocycles. The van der Waals surface area contributed by atoms with Gasteiger partial charge in [0, 0.05) is 5.39 Å². The molecule has 1 heterocycles. The van der Waals surface area contributed by atoms with Crippen LogP contribution in [0.3, 0.4) is 0 Å². The van der Waals surface area contributed by atoms with E-state index < -0.39 is 5.97 Å². The maximum absolute atomic E-state index is 13.0. The van der Waals surface area contributed by atoms with Crippen molar-refractivity contribution in [3.05, 3.63) is 40.4 Å². The molecule has 0 atom stereocenters. The summed E-state index contributed by atoms with van der Waals surface area (Å²) in [7, 11) is 1.28. The molecule has 0 N–H and O–H groups in total. The second-order valence-corrected chi connectivity index (χ2v) is 3.91. The van der Waals surface area contributed by atoms with Crippen LogP contribution in [-0.2, 0) is 4.74 Å². The average Bonchev–Trinajstić information content (AvgIpc) is 2.28. The maximum atomic E-state index is 13.0. The van der Waals surface area contributed by atoms with Gasteiger partial charge in [-0.15, -0.1) is 0 Å². The van der Waals surface area contributed by atoms with E-state index in [1.165, 1.54) is 19.2 Å². The van der Waals surface area contributed by atoms with Crippen molar-refractivity contribution in [1.82, 2.24) is 4.98 Å². The summed E-state index contributed by atoms with van der Waals surface area (Å²) in [5.74, 6) is -0.868. The molecule has 5 heteroatoms. The second kappa shape index (κ2) is 4.17. The maximum Gasteiger partial charge on any atom is 0.356 e. The van der Waals surface area contributed by atoms with Crippen LogP contribution in [-0.4, -0.2) is 18.1 Å². The minimum absolute atomic E-state index is 0.188. The predicted octanol–water partition coefficient (Wildman–Crippen LogP) is 2.92. The lowest BCUT2D eigenvalue weighted by atomic mass is 10.1. The van der Waals surface area contributed by atoms with Gasteiger partial charge in [-0.2, -0.15) is 0 Å². The van der Waals surface area contributed by atoms with Gasteiger partial charge in [0.1, 0.15) is 16.1 Å². The van der Waals surface area contributed by atoms with Crippen molar-refractivity contribution in [1.29, 1.82) is 0 Å². The van der Waals surface area contributed by atoms with Gasteiger partial charge < -0.3 is 4.74 Å². The number of pyridine rings is 1. The largest absolute Gasteiger partial charge is 0.464 e. The van der Waals surface area contributed by atoms with Gasteiger partial charge in [-0.3, -0.25) is 0 Å². The van der Waals surface area contributed by atoms with E-state index in [0.717, 1.165) is 5.39 Å². The molecule has 0 unspecified atom stereocenters. The molecule has 0 saturated heterocycles. The van der Waals surface area contributed by atoms with Gasteiger partial charge in [0.05, 0.1) is 7.11 Å². The molecule has 0 aliphatic rings. The van der Waals surface area contributed by atoms with Gasteiger partial charge >= 0.3 is 5.97 Å². The lowest BCUT2D eigenvalue weighted by Gasteiger charge is -2.03. The molecule has 1 aromatic carbocycles. The van der Waals surface area contributed by atoms with E-state index in [-0.39, 0.29) is 11.5 Å². The molecule has 0 saturated carbocycles. The molecule has 2 rings (SSSR count). The molecule has 3 nitrogen and oxygen atoms in total. The van der Waals surface area contributed by atoms with Gasteiger partial charge in [0.2, 0.25) is 0 Å². The summed E-state index contributed by atoms with van der Waals surface area (Å²) < 4.78 is 18.0. The number of fused-ring (bicyclic) bond motifs is 1. The van der Waals surface area contributed by atoms with E-state index in [4.69, 9.17) is 0 Å². The van der Waals surface area contributed by atoms with Gasteiger partial charge in [0.25, 0.3) is 0 Å². The number of methoxy groups -OCH3 is 1. The van der Waals surface area contributed by atoms with E-state index >= 15 is 0 Å². The van der Waals surface area contributed by atoms with Crippen LogP contribution in [0.5, 0.6) is 0 Å². The van der Waals surface area contributed by atoms with Crippen molar-refractivity contribution in [3.63, 3.8) is 0 Å². The molecule has 0 bridgehead atoms. The number of hydrogen-bond acceptors (Lipinski definition) is 3. The van der Waals surface area contributed by atoms with Crippen LogP contribution in [0, 0.1) is 5.82 Å². The number of hydrogen-bond donors (Lipinski definition) is 0. The van der Waals surface area contributed by atoms with Crippen LogP contribution in [0.4, 0.5) is 4.39 Å². The van der Waals surface area contributed by atoms with E-state index in [9.17, 15) is 9.18 Å². The van der Waals surface area contributed by atoms with Crippen LogP contribution in [0.15, 0.2) is 28.9 Å². The van der Waals surface area contributed by atoms with Crippen LogP contribution in [0.1, 0.15) is 10.5 Å². The van der Waals surface area contributed by atoms with Crippen molar-refractivity contribution < 1.29 is 13.9 Å². The third-order valence-electron chi connectivity index (χ3n) is 2.14. The smallest absolute Gasteiger partial charge is 0.356 e. The molecule has 0 spiro atoms. The standard InChI is InChI=1S/C11H7BrFNO2/c1-16-11(15)9-4-6-2-3-7(13)5-8(6)10(12)14-9/h2-5H,1H3. The van der Waals surface area contributed by atoms with Gasteiger partial charge in [-0.1, -0.05) is 6.07 Å². The summed E-state index contributed by atoms with van der Waals surface area (Å²) in [6, 6.07) is 5.83. The molecule has 2 aromatic rings.